The molecular formula is C9H18N2. The first-order valence-corrected chi connectivity index (χ1v) is 4.52. The first kappa shape index (κ1) is 7.56. The summed E-state index contributed by atoms with van der Waals surface area (Å²) in [6.45, 7) is 9.30. The van der Waals surface area contributed by atoms with E-state index in [0.29, 0.717) is 11.0 Å². The second-order valence-electron chi connectivity index (χ2n) is 4.99. The monoisotopic (exact) mass is 154 g/mol. The first-order chi connectivity index (χ1) is 5.04. The highest BCUT2D eigenvalue weighted by Gasteiger charge is 2.51. The van der Waals surface area contributed by atoms with E-state index >= 15 is 0 Å². The SMILES string of the molecule is CC(C)(C)[C@@]12CN[C@@H](CN1)C2. The summed E-state index contributed by atoms with van der Waals surface area (Å²) < 4.78 is 0. The van der Waals surface area contributed by atoms with E-state index in [9.17, 15) is 0 Å². The van der Waals surface area contributed by atoms with Crippen LogP contribution in [0.3, 0.4) is 0 Å². The van der Waals surface area contributed by atoms with Crippen LogP contribution in [0.15, 0.2) is 0 Å². The number of piperazine rings is 1. The fourth-order valence-electron chi connectivity index (χ4n) is 2.32. The Morgan fingerprint density at radius 2 is 2.09 bits per heavy atom. The Morgan fingerprint density at radius 1 is 1.36 bits per heavy atom. The van der Waals surface area contributed by atoms with Gasteiger partial charge >= 0.3 is 0 Å². The molecule has 2 heterocycles. The summed E-state index contributed by atoms with van der Waals surface area (Å²) in [5.74, 6) is 0. The quantitative estimate of drug-likeness (QED) is 0.537. The standard InChI is InChI=1S/C9H18N2/c1-8(2,3)9-4-7(5-11-9)10-6-9/h7,10-11H,4-6H2,1-3H3/t7-,9-/m1/s1. The smallest absolute Gasteiger partial charge is 0.0371 e. The minimum Gasteiger partial charge on any atom is -0.311 e. The summed E-state index contributed by atoms with van der Waals surface area (Å²) in [6, 6.07) is 0.745. The van der Waals surface area contributed by atoms with Crippen molar-refractivity contribution in [2.75, 3.05) is 13.1 Å². The molecule has 0 aromatic rings. The molecule has 2 saturated heterocycles. The van der Waals surface area contributed by atoms with Crippen LogP contribution >= 0.6 is 0 Å². The molecule has 0 amide bonds. The zero-order chi connectivity index (χ0) is 8.11. The molecule has 64 valence electrons. The van der Waals surface area contributed by atoms with Crippen molar-refractivity contribution in [1.82, 2.24) is 10.6 Å². The molecule has 2 heteroatoms. The Hall–Kier alpha value is -0.0800. The van der Waals surface area contributed by atoms with Crippen molar-refractivity contribution >= 4 is 0 Å². The maximum absolute atomic E-state index is 3.65. The van der Waals surface area contributed by atoms with Gasteiger partial charge in [-0.2, -0.15) is 0 Å². The Balaban J connectivity index is 2.23. The molecule has 0 unspecified atom stereocenters. The van der Waals surface area contributed by atoms with Crippen molar-refractivity contribution in [3.05, 3.63) is 0 Å². The van der Waals surface area contributed by atoms with Gasteiger partial charge in [-0.3, -0.25) is 0 Å². The lowest BCUT2D eigenvalue weighted by Crippen LogP contribution is -2.57. The number of hydrogen-bond acceptors (Lipinski definition) is 2. The average Bonchev–Trinajstić information content (AvgIpc) is 2.42. The molecule has 2 bridgehead atoms. The molecule has 2 nitrogen and oxygen atoms in total. The van der Waals surface area contributed by atoms with E-state index in [0.717, 1.165) is 19.1 Å². The molecule has 2 aliphatic heterocycles. The van der Waals surface area contributed by atoms with E-state index in [-0.39, 0.29) is 0 Å². The Kier molecular flexibility index (Phi) is 1.37. The van der Waals surface area contributed by atoms with Gasteiger partial charge in [-0.15, -0.1) is 0 Å². The number of fused-ring (bicyclic) bond motifs is 2. The van der Waals surface area contributed by atoms with Gasteiger partial charge in [0.1, 0.15) is 0 Å². The van der Waals surface area contributed by atoms with Crippen LogP contribution in [0.2, 0.25) is 0 Å². The second-order valence-corrected chi connectivity index (χ2v) is 4.99. The molecule has 0 spiro atoms. The van der Waals surface area contributed by atoms with Crippen molar-refractivity contribution in [3.8, 4) is 0 Å². The third-order valence-electron chi connectivity index (χ3n) is 3.41. The first-order valence-electron chi connectivity index (χ1n) is 4.52. The maximum atomic E-state index is 3.65. The summed E-state index contributed by atoms with van der Waals surface area (Å²) in [6.07, 6.45) is 1.32. The summed E-state index contributed by atoms with van der Waals surface area (Å²) in [5.41, 5.74) is 0.781. The fourth-order valence-corrected chi connectivity index (χ4v) is 2.32. The predicted octanol–water partition coefficient (Wildman–Crippen LogP) is 0.736. The summed E-state index contributed by atoms with van der Waals surface area (Å²) >= 11 is 0. The van der Waals surface area contributed by atoms with Crippen molar-refractivity contribution in [1.29, 1.82) is 0 Å². The van der Waals surface area contributed by atoms with Crippen LogP contribution in [0.5, 0.6) is 0 Å². The number of rotatable bonds is 0. The third kappa shape index (κ3) is 0.926. The van der Waals surface area contributed by atoms with Gasteiger partial charge in [0.15, 0.2) is 0 Å². The van der Waals surface area contributed by atoms with Gasteiger partial charge in [0, 0.05) is 24.7 Å². The largest absolute Gasteiger partial charge is 0.311 e. The van der Waals surface area contributed by atoms with Gasteiger partial charge in [0.25, 0.3) is 0 Å². The van der Waals surface area contributed by atoms with Gasteiger partial charge in [0.05, 0.1) is 0 Å². The van der Waals surface area contributed by atoms with Crippen molar-refractivity contribution in [3.63, 3.8) is 0 Å². The molecule has 0 aliphatic carbocycles. The number of nitrogens with one attached hydrogen (secondary N) is 2. The Morgan fingerprint density at radius 3 is 2.27 bits per heavy atom. The van der Waals surface area contributed by atoms with Crippen molar-refractivity contribution < 1.29 is 0 Å². The second kappa shape index (κ2) is 1.99. The highest BCUT2D eigenvalue weighted by molar-refractivity contribution is 5.12. The van der Waals surface area contributed by atoms with Crippen LogP contribution in [0.1, 0.15) is 27.2 Å². The fraction of sp³-hybridized carbons (Fsp3) is 1.00. The normalized spacial score (nSPS) is 43.4. The van der Waals surface area contributed by atoms with Crippen LogP contribution in [0.25, 0.3) is 0 Å². The zero-order valence-electron chi connectivity index (χ0n) is 7.70. The van der Waals surface area contributed by atoms with Gasteiger partial charge in [-0.25, -0.2) is 0 Å². The van der Waals surface area contributed by atoms with E-state index in [4.69, 9.17) is 0 Å². The molecule has 0 saturated carbocycles. The van der Waals surface area contributed by atoms with Crippen LogP contribution in [-0.2, 0) is 0 Å². The van der Waals surface area contributed by atoms with Crippen molar-refractivity contribution in [2.24, 2.45) is 5.41 Å². The Labute approximate surface area is 68.7 Å². The van der Waals surface area contributed by atoms with Gasteiger partial charge in [0.2, 0.25) is 0 Å². The summed E-state index contributed by atoms with van der Waals surface area (Å²) in [5, 5.41) is 7.19. The minimum atomic E-state index is 0.387. The molecule has 2 fully saturated rings. The van der Waals surface area contributed by atoms with E-state index in [1.165, 1.54) is 6.42 Å². The third-order valence-corrected chi connectivity index (χ3v) is 3.41. The molecule has 0 aromatic heterocycles. The number of hydrogen-bond donors (Lipinski definition) is 2. The average molecular weight is 154 g/mol. The maximum Gasteiger partial charge on any atom is 0.0371 e. The lowest BCUT2D eigenvalue weighted by atomic mass is 9.74. The lowest BCUT2D eigenvalue weighted by Gasteiger charge is -2.40. The zero-order valence-corrected chi connectivity index (χ0v) is 7.70. The highest BCUT2D eigenvalue weighted by Crippen LogP contribution is 2.40. The molecule has 0 aromatic carbocycles. The van der Waals surface area contributed by atoms with Crippen LogP contribution < -0.4 is 10.6 Å². The van der Waals surface area contributed by atoms with E-state index in [1.54, 1.807) is 0 Å². The minimum absolute atomic E-state index is 0.387. The van der Waals surface area contributed by atoms with Gasteiger partial charge in [-0.05, 0) is 11.8 Å². The molecular weight excluding hydrogens is 136 g/mol. The van der Waals surface area contributed by atoms with E-state index < -0.39 is 0 Å². The van der Waals surface area contributed by atoms with Crippen molar-refractivity contribution in [2.45, 2.75) is 38.8 Å². The summed E-state index contributed by atoms with van der Waals surface area (Å²) in [7, 11) is 0. The molecule has 2 N–H and O–H groups in total. The van der Waals surface area contributed by atoms with E-state index in [2.05, 4.69) is 31.4 Å². The Bertz CT molecular complexity index is 161. The molecule has 0 radical (unpaired) electrons. The van der Waals surface area contributed by atoms with Gasteiger partial charge < -0.3 is 10.6 Å². The topological polar surface area (TPSA) is 24.1 Å². The predicted molar refractivity (Wildman–Crippen MR) is 46.6 cm³/mol. The van der Waals surface area contributed by atoms with Gasteiger partial charge in [-0.1, -0.05) is 20.8 Å². The highest BCUT2D eigenvalue weighted by atomic mass is 15.2. The molecule has 2 rings (SSSR count). The van der Waals surface area contributed by atoms with E-state index in [1.807, 2.05) is 0 Å². The lowest BCUT2D eigenvalue weighted by molar-refractivity contribution is 0.174. The molecule has 11 heavy (non-hydrogen) atoms. The summed E-state index contributed by atoms with van der Waals surface area (Å²) in [4.78, 5) is 0. The van der Waals surface area contributed by atoms with Crippen LogP contribution in [0, 0.1) is 5.41 Å². The van der Waals surface area contributed by atoms with Crippen LogP contribution in [-0.4, -0.2) is 24.7 Å². The molecule has 2 atom stereocenters. The molecule has 2 aliphatic rings. The van der Waals surface area contributed by atoms with Crippen LogP contribution in [0.4, 0.5) is 0 Å².